The Kier molecular flexibility index (Phi) is 8.29. The van der Waals surface area contributed by atoms with Gasteiger partial charge in [-0.15, -0.1) is 12.4 Å². The van der Waals surface area contributed by atoms with Crippen LogP contribution in [0.25, 0.3) is 0 Å². The third-order valence-corrected chi connectivity index (χ3v) is 3.51. The normalized spacial score (nSPS) is 10.7. The van der Waals surface area contributed by atoms with E-state index in [4.69, 9.17) is 10.5 Å². The molecule has 0 unspecified atom stereocenters. The van der Waals surface area contributed by atoms with Crippen molar-refractivity contribution in [3.05, 3.63) is 29.6 Å². The minimum atomic E-state index is -0.538. The first-order chi connectivity index (χ1) is 9.47. The largest absolute Gasteiger partial charge is 0.490 e. The summed E-state index contributed by atoms with van der Waals surface area (Å²) in [6.07, 6.45) is 1.51. The Morgan fingerprint density at radius 3 is 2.48 bits per heavy atom. The van der Waals surface area contributed by atoms with Crippen LogP contribution in [0.15, 0.2) is 18.2 Å². The van der Waals surface area contributed by atoms with Crippen molar-refractivity contribution < 1.29 is 13.9 Å². The molecule has 0 aromatic heterocycles. The second-order valence-corrected chi connectivity index (χ2v) is 4.80. The molecule has 0 aliphatic heterocycles. The van der Waals surface area contributed by atoms with E-state index in [-0.39, 0.29) is 29.6 Å². The molecule has 1 rings (SSSR count). The van der Waals surface area contributed by atoms with Gasteiger partial charge in [0.1, 0.15) is 0 Å². The maximum atomic E-state index is 13.7. The van der Waals surface area contributed by atoms with Gasteiger partial charge in [0.2, 0.25) is 0 Å². The fraction of sp³-hybridized carbons (Fsp3) is 0.533. The highest BCUT2D eigenvalue weighted by molar-refractivity contribution is 5.97. The van der Waals surface area contributed by atoms with Crippen molar-refractivity contribution in [2.45, 2.75) is 39.2 Å². The van der Waals surface area contributed by atoms with Crippen molar-refractivity contribution in [1.82, 2.24) is 5.32 Å². The molecule has 0 saturated heterocycles. The van der Waals surface area contributed by atoms with Crippen molar-refractivity contribution in [3.8, 4) is 5.75 Å². The number of halogens is 2. The van der Waals surface area contributed by atoms with Crippen molar-refractivity contribution >= 4 is 18.3 Å². The van der Waals surface area contributed by atoms with Gasteiger partial charge in [-0.05, 0) is 31.9 Å². The number of amides is 1. The molecule has 0 aliphatic carbocycles. The van der Waals surface area contributed by atoms with Crippen LogP contribution in [-0.2, 0) is 0 Å². The van der Waals surface area contributed by atoms with Crippen LogP contribution in [0.2, 0.25) is 0 Å². The summed E-state index contributed by atoms with van der Waals surface area (Å²) in [5.74, 6) is -0.919. The highest BCUT2D eigenvalue weighted by Crippen LogP contribution is 2.22. The van der Waals surface area contributed by atoms with Gasteiger partial charge in [0.25, 0.3) is 5.91 Å². The van der Waals surface area contributed by atoms with Crippen LogP contribution in [0.5, 0.6) is 5.75 Å². The molecule has 0 spiro atoms. The quantitative estimate of drug-likeness (QED) is 0.812. The molecule has 6 heteroatoms. The number of hydrogen-bond acceptors (Lipinski definition) is 3. The maximum Gasteiger partial charge on any atom is 0.255 e. The van der Waals surface area contributed by atoms with Crippen molar-refractivity contribution in [2.24, 2.45) is 5.73 Å². The zero-order valence-electron chi connectivity index (χ0n) is 12.7. The molecule has 1 aromatic rings. The van der Waals surface area contributed by atoms with Crippen LogP contribution in [0.1, 0.15) is 44.0 Å². The van der Waals surface area contributed by atoms with Crippen LogP contribution in [0.3, 0.4) is 0 Å². The number of ether oxygens (including phenoxy) is 1. The summed E-state index contributed by atoms with van der Waals surface area (Å²) in [5, 5.41) is 2.76. The smallest absolute Gasteiger partial charge is 0.255 e. The molecule has 0 aliphatic rings. The fourth-order valence-electron chi connectivity index (χ4n) is 1.83. The Balaban J connectivity index is 0.00000400. The summed E-state index contributed by atoms with van der Waals surface area (Å²) in [4.78, 5) is 12.2. The van der Waals surface area contributed by atoms with Gasteiger partial charge >= 0.3 is 0 Å². The van der Waals surface area contributed by atoms with E-state index in [2.05, 4.69) is 5.32 Å². The third kappa shape index (κ3) is 5.17. The van der Waals surface area contributed by atoms with Crippen LogP contribution < -0.4 is 15.8 Å². The first kappa shape index (κ1) is 19.7. The molecule has 4 nitrogen and oxygen atoms in total. The molecule has 3 N–H and O–H groups in total. The summed E-state index contributed by atoms with van der Waals surface area (Å²) in [7, 11) is 0. The minimum Gasteiger partial charge on any atom is -0.490 e. The Labute approximate surface area is 131 Å². The standard InChI is InChI=1S/C15H23FN2O2.ClH/c1-4-15(17,5-2)10-18-14(19)11-8-7-9-12(16)13(11)20-6-3;/h7-9H,4-6,10,17H2,1-3H3,(H,18,19);1H. The lowest BCUT2D eigenvalue weighted by Gasteiger charge is -2.27. The lowest BCUT2D eigenvalue weighted by Crippen LogP contribution is -2.49. The number of carbonyl (C=O) groups excluding carboxylic acids is 1. The van der Waals surface area contributed by atoms with Crippen molar-refractivity contribution in [2.75, 3.05) is 13.2 Å². The monoisotopic (exact) mass is 318 g/mol. The Morgan fingerprint density at radius 2 is 1.95 bits per heavy atom. The van der Waals surface area contributed by atoms with Crippen LogP contribution in [0.4, 0.5) is 4.39 Å². The summed E-state index contributed by atoms with van der Waals surface area (Å²) in [6, 6.07) is 4.30. The third-order valence-electron chi connectivity index (χ3n) is 3.51. The number of benzene rings is 1. The number of nitrogens with one attached hydrogen (secondary N) is 1. The molecule has 120 valence electrons. The highest BCUT2D eigenvalue weighted by Gasteiger charge is 2.23. The van der Waals surface area contributed by atoms with Crippen LogP contribution in [-0.4, -0.2) is 24.6 Å². The summed E-state index contributed by atoms with van der Waals surface area (Å²) in [6.45, 7) is 6.34. The van der Waals surface area contributed by atoms with Crippen molar-refractivity contribution in [3.63, 3.8) is 0 Å². The molecular weight excluding hydrogens is 295 g/mol. The Bertz CT molecular complexity index is 465. The lowest BCUT2D eigenvalue weighted by molar-refractivity contribution is 0.0937. The zero-order chi connectivity index (χ0) is 15.2. The molecule has 0 heterocycles. The van der Waals surface area contributed by atoms with E-state index in [1.165, 1.54) is 12.1 Å². The maximum absolute atomic E-state index is 13.7. The SMILES string of the molecule is CCOc1c(F)cccc1C(=O)NCC(N)(CC)CC.Cl. The van der Waals surface area contributed by atoms with E-state index < -0.39 is 11.4 Å². The number of nitrogens with two attached hydrogens (primary N) is 1. The molecule has 21 heavy (non-hydrogen) atoms. The van der Waals surface area contributed by atoms with Gasteiger partial charge in [-0.25, -0.2) is 4.39 Å². The zero-order valence-corrected chi connectivity index (χ0v) is 13.6. The number of para-hydroxylation sites is 1. The molecule has 0 fully saturated rings. The van der Waals surface area contributed by atoms with E-state index >= 15 is 0 Å². The van der Waals surface area contributed by atoms with Crippen LogP contribution >= 0.6 is 12.4 Å². The van der Waals surface area contributed by atoms with Gasteiger partial charge in [0.05, 0.1) is 12.2 Å². The van der Waals surface area contributed by atoms with E-state index in [1.54, 1.807) is 13.0 Å². The second-order valence-electron chi connectivity index (χ2n) is 4.80. The minimum absolute atomic E-state index is 0. The van der Waals surface area contributed by atoms with Gasteiger partial charge in [-0.3, -0.25) is 4.79 Å². The average molecular weight is 319 g/mol. The molecule has 0 atom stereocenters. The summed E-state index contributed by atoms with van der Waals surface area (Å²) < 4.78 is 18.9. The van der Waals surface area contributed by atoms with Gasteiger partial charge in [0, 0.05) is 12.1 Å². The van der Waals surface area contributed by atoms with E-state index in [0.717, 1.165) is 12.8 Å². The predicted octanol–water partition coefficient (Wildman–Crippen LogP) is 2.89. The van der Waals surface area contributed by atoms with E-state index in [9.17, 15) is 9.18 Å². The fourth-order valence-corrected chi connectivity index (χ4v) is 1.83. The van der Waals surface area contributed by atoms with Gasteiger partial charge in [-0.1, -0.05) is 19.9 Å². The van der Waals surface area contributed by atoms with Gasteiger partial charge < -0.3 is 15.8 Å². The second kappa shape index (κ2) is 8.85. The number of hydrogen-bond donors (Lipinski definition) is 2. The predicted molar refractivity (Wildman–Crippen MR) is 84.7 cm³/mol. The average Bonchev–Trinajstić information content (AvgIpc) is 2.46. The Morgan fingerprint density at radius 1 is 1.33 bits per heavy atom. The number of rotatable bonds is 7. The molecule has 0 bridgehead atoms. The highest BCUT2D eigenvalue weighted by atomic mass is 35.5. The van der Waals surface area contributed by atoms with Crippen LogP contribution in [0, 0.1) is 5.82 Å². The number of carbonyl (C=O) groups is 1. The first-order valence-corrected chi connectivity index (χ1v) is 6.95. The Hall–Kier alpha value is -1.33. The topological polar surface area (TPSA) is 64.3 Å². The van der Waals surface area contributed by atoms with Gasteiger partial charge in [-0.2, -0.15) is 0 Å². The summed E-state index contributed by atoms with van der Waals surface area (Å²) in [5.41, 5.74) is 5.89. The van der Waals surface area contributed by atoms with E-state index in [0.29, 0.717) is 13.2 Å². The van der Waals surface area contributed by atoms with E-state index in [1.807, 2.05) is 13.8 Å². The molecule has 1 aromatic carbocycles. The summed E-state index contributed by atoms with van der Waals surface area (Å²) >= 11 is 0. The molecule has 1 amide bonds. The molecule has 0 saturated carbocycles. The lowest BCUT2D eigenvalue weighted by atomic mass is 9.94. The molecular formula is C15H24ClFN2O2. The van der Waals surface area contributed by atoms with Gasteiger partial charge in [0.15, 0.2) is 11.6 Å². The first-order valence-electron chi connectivity index (χ1n) is 6.95. The van der Waals surface area contributed by atoms with Crippen molar-refractivity contribution in [1.29, 1.82) is 0 Å². The molecule has 0 radical (unpaired) electrons.